The summed E-state index contributed by atoms with van der Waals surface area (Å²) in [6.07, 6.45) is 1.53. The molecule has 114 valence electrons. The maximum atomic E-state index is 11.9. The van der Waals surface area contributed by atoms with E-state index >= 15 is 0 Å². The molecule has 0 N–H and O–H groups in total. The molecule has 0 bridgehead atoms. The molecule has 3 rings (SSSR count). The van der Waals surface area contributed by atoms with E-state index in [2.05, 4.69) is 4.99 Å². The number of carbonyl (C=O) groups is 1. The van der Waals surface area contributed by atoms with Crippen molar-refractivity contribution in [3.8, 4) is 0 Å². The number of hydrogen-bond acceptors (Lipinski definition) is 5. The molecule has 6 heteroatoms. The number of hydrogen-bond donors (Lipinski definition) is 0. The second-order valence-corrected chi connectivity index (χ2v) is 5.05. The van der Waals surface area contributed by atoms with Crippen LogP contribution in [0.4, 0.5) is 5.69 Å². The van der Waals surface area contributed by atoms with Crippen LogP contribution in [0.25, 0.3) is 6.08 Å². The highest BCUT2D eigenvalue weighted by molar-refractivity contribution is 6.12. The van der Waals surface area contributed by atoms with E-state index in [1.807, 2.05) is 31.2 Å². The lowest BCUT2D eigenvalue weighted by atomic mass is 10.1. The number of non-ortho nitro benzene ring substituents is 1. The minimum absolute atomic E-state index is 0.00926. The van der Waals surface area contributed by atoms with Gasteiger partial charge in [0.1, 0.15) is 0 Å². The standard InChI is InChI=1S/C17H12N2O4/c1-11-2-6-13(7-3-11)16-18-15(17(20)23-16)10-12-4-8-14(9-5-12)19(21)22/h2-10H,1H3/b15-10+. The lowest BCUT2D eigenvalue weighted by Crippen LogP contribution is -2.05. The van der Waals surface area contributed by atoms with Crippen LogP contribution in [0.5, 0.6) is 0 Å². The Kier molecular flexibility index (Phi) is 3.72. The van der Waals surface area contributed by atoms with E-state index < -0.39 is 10.9 Å². The molecule has 1 heterocycles. The first-order valence-corrected chi connectivity index (χ1v) is 6.87. The van der Waals surface area contributed by atoms with Crippen molar-refractivity contribution in [2.45, 2.75) is 6.92 Å². The fourth-order valence-corrected chi connectivity index (χ4v) is 2.08. The Morgan fingerprint density at radius 2 is 1.74 bits per heavy atom. The highest BCUT2D eigenvalue weighted by atomic mass is 16.6. The van der Waals surface area contributed by atoms with Crippen molar-refractivity contribution in [1.82, 2.24) is 0 Å². The third kappa shape index (κ3) is 3.16. The molecule has 0 atom stereocenters. The molecule has 0 radical (unpaired) electrons. The van der Waals surface area contributed by atoms with Crippen molar-refractivity contribution >= 4 is 23.6 Å². The molecule has 0 aliphatic carbocycles. The van der Waals surface area contributed by atoms with E-state index in [1.54, 1.807) is 12.1 Å². The molecule has 0 fully saturated rings. The van der Waals surface area contributed by atoms with Crippen LogP contribution in [0.1, 0.15) is 16.7 Å². The van der Waals surface area contributed by atoms with Crippen LogP contribution in [0.15, 0.2) is 59.2 Å². The Morgan fingerprint density at radius 3 is 2.35 bits per heavy atom. The molecule has 2 aromatic carbocycles. The first-order valence-electron chi connectivity index (χ1n) is 6.87. The molecule has 6 nitrogen and oxygen atoms in total. The van der Waals surface area contributed by atoms with Crippen LogP contribution < -0.4 is 0 Å². The van der Waals surface area contributed by atoms with Crippen LogP contribution in [0.2, 0.25) is 0 Å². The second-order valence-electron chi connectivity index (χ2n) is 5.05. The van der Waals surface area contributed by atoms with Crippen LogP contribution in [-0.2, 0) is 9.53 Å². The molecule has 0 saturated heterocycles. The van der Waals surface area contributed by atoms with Crippen molar-refractivity contribution in [3.05, 3.63) is 81.0 Å². The second kappa shape index (κ2) is 5.84. The number of aryl methyl sites for hydroxylation is 1. The smallest absolute Gasteiger partial charge is 0.363 e. The lowest BCUT2D eigenvalue weighted by Gasteiger charge is -1.99. The summed E-state index contributed by atoms with van der Waals surface area (Å²) < 4.78 is 5.17. The average molecular weight is 308 g/mol. The molecule has 0 aromatic heterocycles. The van der Waals surface area contributed by atoms with Gasteiger partial charge in [0.05, 0.1) is 4.92 Å². The van der Waals surface area contributed by atoms with E-state index in [0.29, 0.717) is 5.56 Å². The fraction of sp³-hybridized carbons (Fsp3) is 0.0588. The summed E-state index contributed by atoms with van der Waals surface area (Å²) in [7, 11) is 0. The lowest BCUT2D eigenvalue weighted by molar-refractivity contribution is -0.384. The highest BCUT2D eigenvalue weighted by Gasteiger charge is 2.24. The molecule has 2 aromatic rings. The van der Waals surface area contributed by atoms with Gasteiger partial charge in [0.15, 0.2) is 5.70 Å². The van der Waals surface area contributed by atoms with Gasteiger partial charge in [-0.15, -0.1) is 0 Å². The van der Waals surface area contributed by atoms with E-state index in [-0.39, 0.29) is 17.3 Å². The van der Waals surface area contributed by atoms with Crippen LogP contribution >= 0.6 is 0 Å². The fourth-order valence-electron chi connectivity index (χ4n) is 2.08. The largest absolute Gasteiger partial charge is 0.402 e. The molecule has 0 unspecified atom stereocenters. The predicted octanol–water partition coefficient (Wildman–Crippen LogP) is 3.25. The monoisotopic (exact) mass is 308 g/mol. The Labute approximate surface area is 131 Å². The minimum atomic E-state index is -0.543. The maximum Gasteiger partial charge on any atom is 0.363 e. The van der Waals surface area contributed by atoms with Gasteiger partial charge < -0.3 is 4.74 Å². The van der Waals surface area contributed by atoms with Gasteiger partial charge in [-0.25, -0.2) is 9.79 Å². The first-order chi connectivity index (χ1) is 11.0. The van der Waals surface area contributed by atoms with E-state index in [9.17, 15) is 14.9 Å². The molecule has 0 spiro atoms. The van der Waals surface area contributed by atoms with E-state index in [4.69, 9.17) is 4.74 Å². The zero-order valence-electron chi connectivity index (χ0n) is 12.2. The molecular weight excluding hydrogens is 296 g/mol. The van der Waals surface area contributed by atoms with Gasteiger partial charge in [0, 0.05) is 17.7 Å². The molecular formula is C17H12N2O4. The zero-order chi connectivity index (χ0) is 16.4. The zero-order valence-corrected chi connectivity index (χ0v) is 12.2. The van der Waals surface area contributed by atoms with Gasteiger partial charge in [-0.3, -0.25) is 10.1 Å². The van der Waals surface area contributed by atoms with E-state index in [1.165, 1.54) is 18.2 Å². The molecule has 1 aliphatic heterocycles. The third-order valence-corrected chi connectivity index (χ3v) is 3.33. The third-order valence-electron chi connectivity index (χ3n) is 3.33. The number of esters is 1. The number of aliphatic imine (C=N–C) groups is 1. The number of nitro groups is 1. The Bertz CT molecular complexity index is 834. The highest BCUT2D eigenvalue weighted by Crippen LogP contribution is 2.20. The van der Waals surface area contributed by atoms with Gasteiger partial charge in [-0.1, -0.05) is 17.7 Å². The van der Waals surface area contributed by atoms with Gasteiger partial charge >= 0.3 is 5.97 Å². The van der Waals surface area contributed by atoms with Gasteiger partial charge in [-0.2, -0.15) is 0 Å². The normalized spacial score (nSPS) is 15.4. The summed E-state index contributed by atoms with van der Waals surface area (Å²) in [5, 5.41) is 10.6. The number of benzene rings is 2. The summed E-state index contributed by atoms with van der Waals surface area (Å²) in [5.74, 6) is -0.290. The summed E-state index contributed by atoms with van der Waals surface area (Å²) in [4.78, 5) is 26.2. The number of rotatable bonds is 3. The number of carbonyl (C=O) groups excluding carboxylic acids is 1. The van der Waals surface area contributed by atoms with Crippen molar-refractivity contribution < 1.29 is 14.5 Å². The summed E-state index contributed by atoms with van der Waals surface area (Å²) in [6.45, 7) is 1.96. The van der Waals surface area contributed by atoms with Crippen molar-refractivity contribution in [2.75, 3.05) is 0 Å². The Balaban J connectivity index is 1.88. The van der Waals surface area contributed by atoms with Gasteiger partial charge in [0.2, 0.25) is 5.90 Å². The van der Waals surface area contributed by atoms with Crippen LogP contribution in [0.3, 0.4) is 0 Å². The number of nitro benzene ring substituents is 1. The van der Waals surface area contributed by atoms with Gasteiger partial charge in [-0.05, 0) is 42.8 Å². The first kappa shape index (κ1) is 14.6. The van der Waals surface area contributed by atoms with E-state index in [0.717, 1.165) is 11.1 Å². The quantitative estimate of drug-likeness (QED) is 0.377. The van der Waals surface area contributed by atoms with Crippen LogP contribution in [0, 0.1) is 17.0 Å². The van der Waals surface area contributed by atoms with Gasteiger partial charge in [0.25, 0.3) is 5.69 Å². The topological polar surface area (TPSA) is 81.8 Å². The maximum absolute atomic E-state index is 11.9. The SMILES string of the molecule is Cc1ccc(C2=N/C(=C/c3ccc([N+](=O)[O-])cc3)C(=O)O2)cc1. The number of cyclic esters (lactones) is 1. The minimum Gasteiger partial charge on any atom is -0.402 e. The van der Waals surface area contributed by atoms with Crippen molar-refractivity contribution in [3.63, 3.8) is 0 Å². The van der Waals surface area contributed by atoms with Crippen LogP contribution in [-0.4, -0.2) is 16.8 Å². The molecule has 0 amide bonds. The number of nitrogens with zero attached hydrogens (tertiary/aromatic N) is 2. The van der Waals surface area contributed by atoms with Crippen molar-refractivity contribution in [1.29, 1.82) is 0 Å². The summed E-state index contributed by atoms with van der Waals surface area (Å²) in [6, 6.07) is 13.3. The Morgan fingerprint density at radius 1 is 1.09 bits per heavy atom. The molecule has 0 saturated carbocycles. The molecule has 1 aliphatic rings. The van der Waals surface area contributed by atoms with Crippen molar-refractivity contribution in [2.24, 2.45) is 4.99 Å². The molecule has 23 heavy (non-hydrogen) atoms. The summed E-state index contributed by atoms with van der Waals surface area (Å²) >= 11 is 0. The Hall–Kier alpha value is -3.28. The number of ether oxygens (including phenoxy) is 1. The summed E-state index contributed by atoms with van der Waals surface area (Å²) in [5.41, 5.74) is 2.60. The predicted molar refractivity (Wildman–Crippen MR) is 84.9 cm³/mol. The average Bonchev–Trinajstić information content (AvgIpc) is 2.89.